The number of nitrogens with zero attached hydrogens (tertiary/aromatic N) is 1. The molecule has 0 bridgehead atoms. The standard InChI is InChI=1S/C20H20F2N2O3/c1-12-19(27-17-7-3-2-6-16(17)26-12)20(25)23-13-10-14(21)18(15(22)11-13)24-8-4-5-9-24/h2-3,6-7,10-12,19H,4-5,8-9H2,1H3,(H,23,25)/t12-,19+/m1/s1. The lowest BCUT2D eigenvalue weighted by Crippen LogP contribution is -2.46. The van der Waals surface area contributed by atoms with Crippen LogP contribution < -0.4 is 19.7 Å². The normalized spacial score (nSPS) is 21.2. The van der Waals surface area contributed by atoms with Crippen molar-refractivity contribution in [3.8, 4) is 11.5 Å². The molecule has 0 unspecified atom stereocenters. The van der Waals surface area contributed by atoms with Crippen LogP contribution >= 0.6 is 0 Å². The molecule has 4 rings (SSSR count). The van der Waals surface area contributed by atoms with Crippen molar-refractivity contribution in [3.05, 3.63) is 48.0 Å². The second kappa shape index (κ2) is 7.06. The van der Waals surface area contributed by atoms with E-state index >= 15 is 0 Å². The van der Waals surface area contributed by atoms with Gasteiger partial charge >= 0.3 is 0 Å². The van der Waals surface area contributed by atoms with Gasteiger partial charge in [-0.25, -0.2) is 8.78 Å². The molecule has 0 radical (unpaired) electrons. The van der Waals surface area contributed by atoms with Crippen LogP contribution in [0.4, 0.5) is 20.2 Å². The highest BCUT2D eigenvalue weighted by molar-refractivity contribution is 5.95. The highest BCUT2D eigenvalue weighted by Gasteiger charge is 2.34. The Bertz CT molecular complexity index is 845. The molecule has 1 amide bonds. The number of carbonyl (C=O) groups excluding carboxylic acids is 1. The van der Waals surface area contributed by atoms with E-state index < -0.39 is 29.7 Å². The van der Waals surface area contributed by atoms with E-state index in [0.29, 0.717) is 24.6 Å². The third-order valence-corrected chi connectivity index (χ3v) is 4.81. The SMILES string of the molecule is C[C@H]1Oc2ccccc2O[C@@H]1C(=O)Nc1cc(F)c(N2CCCC2)c(F)c1. The monoisotopic (exact) mass is 374 g/mol. The van der Waals surface area contributed by atoms with E-state index in [1.165, 1.54) is 0 Å². The Kier molecular flexibility index (Phi) is 4.59. The number of ether oxygens (including phenoxy) is 2. The zero-order valence-electron chi connectivity index (χ0n) is 14.9. The molecule has 1 N–H and O–H groups in total. The molecule has 0 aromatic heterocycles. The van der Waals surface area contributed by atoms with Crippen LogP contribution in [-0.2, 0) is 4.79 Å². The molecule has 142 valence electrons. The number of fused-ring (bicyclic) bond motifs is 1. The maximum Gasteiger partial charge on any atom is 0.269 e. The minimum Gasteiger partial charge on any atom is -0.482 e. The summed E-state index contributed by atoms with van der Waals surface area (Å²) in [5, 5.41) is 2.53. The molecule has 2 aromatic rings. The fraction of sp³-hybridized carbons (Fsp3) is 0.350. The lowest BCUT2D eigenvalue weighted by Gasteiger charge is -2.31. The van der Waals surface area contributed by atoms with Gasteiger partial charge < -0.3 is 19.7 Å². The average molecular weight is 374 g/mol. The summed E-state index contributed by atoms with van der Waals surface area (Å²) < 4.78 is 40.3. The molecular formula is C20H20F2N2O3. The fourth-order valence-corrected chi connectivity index (χ4v) is 3.50. The van der Waals surface area contributed by atoms with E-state index in [9.17, 15) is 13.6 Å². The number of amides is 1. The van der Waals surface area contributed by atoms with Gasteiger partial charge in [0.15, 0.2) is 23.1 Å². The number of carbonyl (C=O) groups is 1. The molecule has 2 heterocycles. The molecule has 2 aromatic carbocycles. The Morgan fingerprint density at radius 3 is 2.30 bits per heavy atom. The molecule has 2 aliphatic rings. The minimum atomic E-state index is -0.927. The van der Waals surface area contributed by atoms with E-state index in [-0.39, 0.29) is 11.4 Å². The second-order valence-electron chi connectivity index (χ2n) is 6.78. The lowest BCUT2D eigenvalue weighted by atomic mass is 10.1. The highest BCUT2D eigenvalue weighted by atomic mass is 19.1. The first kappa shape index (κ1) is 17.6. The van der Waals surface area contributed by atoms with Gasteiger partial charge in [0.1, 0.15) is 11.8 Å². The highest BCUT2D eigenvalue weighted by Crippen LogP contribution is 2.34. The molecule has 2 atom stereocenters. The Labute approximate surface area is 155 Å². The first-order valence-electron chi connectivity index (χ1n) is 9.00. The molecule has 7 heteroatoms. The Balaban J connectivity index is 1.51. The van der Waals surface area contributed by atoms with Gasteiger partial charge in [-0.2, -0.15) is 0 Å². The summed E-state index contributed by atoms with van der Waals surface area (Å²) in [6.07, 6.45) is 0.355. The smallest absolute Gasteiger partial charge is 0.269 e. The van der Waals surface area contributed by atoms with Gasteiger partial charge in [-0.05, 0) is 44.0 Å². The van der Waals surface area contributed by atoms with Crippen LogP contribution in [-0.4, -0.2) is 31.2 Å². The maximum absolute atomic E-state index is 14.4. The molecular weight excluding hydrogens is 354 g/mol. The molecule has 5 nitrogen and oxygen atoms in total. The number of halogens is 2. The van der Waals surface area contributed by atoms with Crippen molar-refractivity contribution in [2.45, 2.75) is 32.0 Å². The number of anilines is 2. The van der Waals surface area contributed by atoms with Crippen LogP contribution in [0.5, 0.6) is 11.5 Å². The quantitative estimate of drug-likeness (QED) is 0.890. The number of benzene rings is 2. The zero-order chi connectivity index (χ0) is 19.0. The number of rotatable bonds is 3. The van der Waals surface area contributed by atoms with Crippen molar-refractivity contribution in [2.75, 3.05) is 23.3 Å². The first-order chi connectivity index (χ1) is 13.0. The van der Waals surface area contributed by atoms with E-state index in [1.54, 1.807) is 30.0 Å². The van der Waals surface area contributed by atoms with Gasteiger partial charge in [0.2, 0.25) is 6.10 Å². The number of para-hydroxylation sites is 2. The summed E-state index contributed by atoms with van der Waals surface area (Å²) in [6.45, 7) is 2.96. The van der Waals surface area contributed by atoms with Crippen LogP contribution in [0.25, 0.3) is 0 Å². The number of hydrogen-bond acceptors (Lipinski definition) is 4. The Morgan fingerprint density at radius 1 is 1.07 bits per heavy atom. The van der Waals surface area contributed by atoms with Crippen LogP contribution in [0, 0.1) is 11.6 Å². The van der Waals surface area contributed by atoms with Crippen molar-refractivity contribution in [1.29, 1.82) is 0 Å². The molecule has 27 heavy (non-hydrogen) atoms. The molecule has 0 spiro atoms. The van der Waals surface area contributed by atoms with Crippen LogP contribution in [0.2, 0.25) is 0 Å². The summed E-state index contributed by atoms with van der Waals surface area (Å²) in [7, 11) is 0. The minimum absolute atomic E-state index is 0.0370. The molecule has 0 saturated carbocycles. The second-order valence-corrected chi connectivity index (χ2v) is 6.78. The van der Waals surface area contributed by atoms with Crippen LogP contribution in [0.1, 0.15) is 19.8 Å². The Morgan fingerprint density at radius 2 is 1.67 bits per heavy atom. The molecule has 1 saturated heterocycles. The summed E-state index contributed by atoms with van der Waals surface area (Å²) in [5.41, 5.74) is 0.0117. The van der Waals surface area contributed by atoms with Crippen molar-refractivity contribution in [1.82, 2.24) is 0 Å². The summed E-state index contributed by atoms with van der Waals surface area (Å²) >= 11 is 0. The topological polar surface area (TPSA) is 50.8 Å². The van der Waals surface area contributed by atoms with Gasteiger partial charge in [0.25, 0.3) is 5.91 Å². The van der Waals surface area contributed by atoms with Gasteiger partial charge in [-0.1, -0.05) is 12.1 Å². The van der Waals surface area contributed by atoms with Crippen molar-refractivity contribution in [3.63, 3.8) is 0 Å². The van der Waals surface area contributed by atoms with Crippen LogP contribution in [0.15, 0.2) is 36.4 Å². The largest absolute Gasteiger partial charge is 0.482 e. The maximum atomic E-state index is 14.4. The average Bonchev–Trinajstić information content (AvgIpc) is 3.14. The third-order valence-electron chi connectivity index (χ3n) is 4.81. The predicted molar refractivity (Wildman–Crippen MR) is 97.4 cm³/mol. The zero-order valence-corrected chi connectivity index (χ0v) is 14.9. The fourth-order valence-electron chi connectivity index (χ4n) is 3.50. The van der Waals surface area contributed by atoms with E-state index in [1.807, 2.05) is 6.07 Å². The Hall–Kier alpha value is -2.83. The van der Waals surface area contributed by atoms with Gasteiger partial charge in [0.05, 0.1) is 0 Å². The molecule has 1 fully saturated rings. The van der Waals surface area contributed by atoms with E-state index in [0.717, 1.165) is 25.0 Å². The van der Waals surface area contributed by atoms with Crippen molar-refractivity contribution >= 4 is 17.3 Å². The lowest BCUT2D eigenvalue weighted by molar-refractivity contribution is -0.128. The van der Waals surface area contributed by atoms with E-state index in [4.69, 9.17) is 9.47 Å². The third kappa shape index (κ3) is 3.41. The van der Waals surface area contributed by atoms with Gasteiger partial charge in [-0.3, -0.25) is 4.79 Å². The summed E-state index contributed by atoms with van der Waals surface area (Å²) in [5.74, 6) is -0.888. The summed E-state index contributed by atoms with van der Waals surface area (Å²) in [6, 6.07) is 9.30. The molecule has 0 aliphatic carbocycles. The van der Waals surface area contributed by atoms with Crippen LogP contribution in [0.3, 0.4) is 0 Å². The van der Waals surface area contributed by atoms with Gasteiger partial charge in [-0.15, -0.1) is 0 Å². The van der Waals surface area contributed by atoms with Crippen molar-refractivity contribution < 1.29 is 23.0 Å². The summed E-state index contributed by atoms with van der Waals surface area (Å²) in [4.78, 5) is 14.3. The molecule has 2 aliphatic heterocycles. The van der Waals surface area contributed by atoms with E-state index in [2.05, 4.69) is 5.32 Å². The number of hydrogen-bond donors (Lipinski definition) is 1. The predicted octanol–water partition coefficient (Wildman–Crippen LogP) is 3.73. The number of nitrogens with one attached hydrogen (secondary N) is 1. The van der Waals surface area contributed by atoms with Gasteiger partial charge in [0, 0.05) is 18.8 Å². The first-order valence-corrected chi connectivity index (χ1v) is 9.00. The van der Waals surface area contributed by atoms with Crippen molar-refractivity contribution in [2.24, 2.45) is 0 Å².